The molecule has 1 nitrogen and oxygen atoms in total. The SMILES string of the molecule is CCCCCCc1ccc2c(F)c(-c3ccc(-c4ccc(OC(F)(F)F)c(F)c4F)c(F)c3)ccc2c1. The first-order valence-electron chi connectivity index (χ1n) is 11.8. The third-order valence-electron chi connectivity index (χ3n) is 6.18. The molecule has 0 atom stereocenters. The van der Waals surface area contributed by atoms with Gasteiger partial charge in [-0.1, -0.05) is 68.7 Å². The van der Waals surface area contributed by atoms with Gasteiger partial charge < -0.3 is 4.74 Å². The molecule has 4 rings (SSSR count). The van der Waals surface area contributed by atoms with Gasteiger partial charge in [0.1, 0.15) is 11.6 Å². The highest BCUT2D eigenvalue weighted by Gasteiger charge is 2.33. The van der Waals surface area contributed by atoms with Crippen LogP contribution in [0.2, 0.25) is 0 Å². The maximum atomic E-state index is 15.4. The van der Waals surface area contributed by atoms with Gasteiger partial charge in [0, 0.05) is 22.1 Å². The molecule has 0 saturated heterocycles. The molecule has 0 N–H and O–H groups in total. The third-order valence-corrected chi connectivity index (χ3v) is 6.18. The van der Waals surface area contributed by atoms with Crippen LogP contribution < -0.4 is 4.74 Å². The zero-order valence-corrected chi connectivity index (χ0v) is 19.9. The summed E-state index contributed by atoms with van der Waals surface area (Å²) in [6.07, 6.45) is 0.163. The molecule has 0 aliphatic carbocycles. The van der Waals surface area contributed by atoms with Crippen molar-refractivity contribution in [1.29, 1.82) is 0 Å². The minimum absolute atomic E-state index is 0.120. The summed E-state index contributed by atoms with van der Waals surface area (Å²) in [4.78, 5) is 0. The average Bonchev–Trinajstić information content (AvgIpc) is 2.85. The Morgan fingerprint density at radius 1 is 0.676 bits per heavy atom. The van der Waals surface area contributed by atoms with Gasteiger partial charge in [0.05, 0.1) is 0 Å². The molecule has 0 fully saturated rings. The lowest BCUT2D eigenvalue weighted by molar-refractivity contribution is -0.275. The molecule has 0 unspecified atom stereocenters. The molecular weight excluding hydrogens is 497 g/mol. The molecule has 0 amide bonds. The molecule has 0 aliphatic rings. The predicted octanol–water partition coefficient (Wildman–Crippen LogP) is 9.75. The zero-order chi connectivity index (χ0) is 26.7. The van der Waals surface area contributed by atoms with Crippen molar-refractivity contribution >= 4 is 10.8 Å². The minimum Gasteiger partial charge on any atom is -0.403 e. The van der Waals surface area contributed by atoms with Gasteiger partial charge >= 0.3 is 6.36 Å². The maximum absolute atomic E-state index is 15.4. The largest absolute Gasteiger partial charge is 0.573 e. The number of rotatable bonds is 8. The van der Waals surface area contributed by atoms with Crippen molar-refractivity contribution < 1.29 is 35.5 Å². The second kappa shape index (κ2) is 10.8. The first-order chi connectivity index (χ1) is 17.6. The van der Waals surface area contributed by atoms with Gasteiger partial charge in [0.15, 0.2) is 11.6 Å². The Balaban J connectivity index is 1.63. The molecular formula is C29H23F7O. The van der Waals surface area contributed by atoms with E-state index in [2.05, 4.69) is 11.7 Å². The fraction of sp³-hybridized carbons (Fsp3) is 0.241. The van der Waals surface area contributed by atoms with E-state index in [9.17, 15) is 26.3 Å². The van der Waals surface area contributed by atoms with Crippen LogP contribution in [0, 0.1) is 23.3 Å². The molecule has 8 heteroatoms. The van der Waals surface area contributed by atoms with E-state index in [1.165, 1.54) is 18.6 Å². The van der Waals surface area contributed by atoms with Crippen molar-refractivity contribution in [1.82, 2.24) is 0 Å². The molecule has 0 aromatic heterocycles. The van der Waals surface area contributed by atoms with Crippen LogP contribution in [0.1, 0.15) is 38.2 Å². The second-order valence-corrected chi connectivity index (χ2v) is 8.77. The molecule has 4 aromatic rings. The van der Waals surface area contributed by atoms with Crippen LogP contribution in [0.15, 0.2) is 60.7 Å². The predicted molar refractivity (Wildman–Crippen MR) is 129 cm³/mol. The van der Waals surface area contributed by atoms with Crippen LogP contribution in [0.3, 0.4) is 0 Å². The highest BCUT2D eigenvalue weighted by molar-refractivity contribution is 5.89. The molecule has 0 heterocycles. The topological polar surface area (TPSA) is 9.23 Å². The van der Waals surface area contributed by atoms with E-state index >= 15 is 4.39 Å². The third kappa shape index (κ3) is 5.89. The zero-order valence-electron chi connectivity index (χ0n) is 19.9. The van der Waals surface area contributed by atoms with Crippen LogP contribution in [0.5, 0.6) is 5.75 Å². The lowest BCUT2D eigenvalue weighted by Gasteiger charge is -2.13. The Hall–Kier alpha value is -3.55. The van der Waals surface area contributed by atoms with Crippen LogP contribution >= 0.6 is 0 Å². The standard InChI is InChI=1S/C29H23F7O/c1-2-3-4-5-6-17-7-10-20-18(15-17)8-11-21(26(20)31)19-9-12-22(24(30)16-19)23-13-14-25(28(33)27(23)32)37-29(34,35)36/h7-16H,2-6H2,1H3. The number of benzene rings is 4. The molecule has 37 heavy (non-hydrogen) atoms. The van der Waals surface area contributed by atoms with Crippen LogP contribution in [0.4, 0.5) is 30.7 Å². The molecule has 0 saturated carbocycles. The summed E-state index contributed by atoms with van der Waals surface area (Å²) < 4.78 is 99.4. The Morgan fingerprint density at radius 3 is 2.11 bits per heavy atom. The summed E-state index contributed by atoms with van der Waals surface area (Å²) in [5, 5.41) is 1.08. The van der Waals surface area contributed by atoms with Gasteiger partial charge in [-0.2, -0.15) is 4.39 Å². The Labute approximate surface area is 209 Å². The number of aryl methyl sites for hydroxylation is 1. The van der Waals surface area contributed by atoms with Crippen LogP contribution in [-0.2, 0) is 6.42 Å². The highest BCUT2D eigenvalue weighted by Crippen LogP contribution is 2.36. The van der Waals surface area contributed by atoms with Gasteiger partial charge in [-0.15, -0.1) is 13.2 Å². The molecule has 0 aliphatic heterocycles. The van der Waals surface area contributed by atoms with Crippen molar-refractivity contribution in [2.24, 2.45) is 0 Å². The number of hydrogen-bond acceptors (Lipinski definition) is 1. The van der Waals surface area contributed by atoms with Gasteiger partial charge in [0.2, 0.25) is 5.82 Å². The number of ether oxygens (including phenoxy) is 1. The summed E-state index contributed by atoms with van der Waals surface area (Å²) in [6, 6.07) is 13.5. The second-order valence-electron chi connectivity index (χ2n) is 8.77. The van der Waals surface area contributed by atoms with E-state index in [0.29, 0.717) is 16.8 Å². The van der Waals surface area contributed by atoms with Crippen LogP contribution in [-0.4, -0.2) is 6.36 Å². The fourth-order valence-electron chi connectivity index (χ4n) is 4.32. The normalized spacial score (nSPS) is 11.8. The molecule has 0 spiro atoms. The Bertz CT molecular complexity index is 1430. The van der Waals surface area contributed by atoms with Crippen molar-refractivity contribution in [3.05, 3.63) is 89.5 Å². The number of alkyl halides is 3. The van der Waals surface area contributed by atoms with Crippen molar-refractivity contribution in [3.63, 3.8) is 0 Å². The van der Waals surface area contributed by atoms with Gasteiger partial charge in [0.25, 0.3) is 0 Å². The van der Waals surface area contributed by atoms with E-state index in [1.807, 2.05) is 12.1 Å². The highest BCUT2D eigenvalue weighted by atomic mass is 19.4. The van der Waals surface area contributed by atoms with E-state index < -0.39 is 46.5 Å². The quantitative estimate of drug-likeness (QED) is 0.166. The van der Waals surface area contributed by atoms with Gasteiger partial charge in [-0.05, 0) is 47.6 Å². The average molecular weight is 520 g/mol. The van der Waals surface area contributed by atoms with E-state index in [1.54, 1.807) is 12.1 Å². The van der Waals surface area contributed by atoms with Crippen molar-refractivity contribution in [3.8, 4) is 28.0 Å². The molecule has 0 radical (unpaired) electrons. The van der Waals surface area contributed by atoms with E-state index in [4.69, 9.17) is 0 Å². The number of unbranched alkanes of at least 4 members (excludes halogenated alkanes) is 3. The van der Waals surface area contributed by atoms with Crippen molar-refractivity contribution in [2.75, 3.05) is 0 Å². The number of halogens is 7. The van der Waals surface area contributed by atoms with Crippen molar-refractivity contribution in [2.45, 2.75) is 45.4 Å². The Kier molecular flexibility index (Phi) is 7.76. The summed E-state index contributed by atoms with van der Waals surface area (Å²) >= 11 is 0. The maximum Gasteiger partial charge on any atom is 0.573 e. The smallest absolute Gasteiger partial charge is 0.403 e. The van der Waals surface area contributed by atoms with E-state index in [-0.39, 0.29) is 11.1 Å². The van der Waals surface area contributed by atoms with Gasteiger partial charge in [-0.25, -0.2) is 13.2 Å². The summed E-state index contributed by atoms with van der Waals surface area (Å²) in [6.45, 7) is 2.14. The first-order valence-corrected chi connectivity index (χ1v) is 11.8. The minimum atomic E-state index is -5.22. The van der Waals surface area contributed by atoms with Crippen LogP contribution in [0.25, 0.3) is 33.0 Å². The molecule has 194 valence electrons. The summed E-state index contributed by atoms with van der Waals surface area (Å²) in [5.74, 6) is -6.51. The summed E-state index contributed by atoms with van der Waals surface area (Å²) in [5.41, 5.74) is 0.401. The lowest BCUT2D eigenvalue weighted by Crippen LogP contribution is -2.18. The molecule has 4 aromatic carbocycles. The molecule has 0 bridgehead atoms. The first kappa shape index (κ1) is 26.5. The van der Waals surface area contributed by atoms with E-state index in [0.717, 1.165) is 49.4 Å². The summed E-state index contributed by atoms with van der Waals surface area (Å²) in [7, 11) is 0. The number of hydrogen-bond donors (Lipinski definition) is 0. The Morgan fingerprint density at radius 2 is 1.41 bits per heavy atom. The monoisotopic (exact) mass is 520 g/mol. The fourth-order valence-corrected chi connectivity index (χ4v) is 4.32. The number of fused-ring (bicyclic) bond motifs is 1. The lowest BCUT2D eigenvalue weighted by atomic mass is 9.95. The van der Waals surface area contributed by atoms with Gasteiger partial charge in [-0.3, -0.25) is 0 Å².